The van der Waals surface area contributed by atoms with E-state index in [0.29, 0.717) is 13.2 Å². The summed E-state index contributed by atoms with van der Waals surface area (Å²) >= 11 is 0. The predicted molar refractivity (Wildman–Crippen MR) is 57.9 cm³/mol. The molecule has 0 unspecified atom stereocenters. The molecule has 1 N–H and O–H groups in total. The second kappa shape index (κ2) is 7.89. The van der Waals surface area contributed by atoms with E-state index in [1.807, 2.05) is 0 Å². The van der Waals surface area contributed by atoms with Crippen molar-refractivity contribution in [1.29, 1.82) is 0 Å². The first-order valence-corrected chi connectivity index (χ1v) is 6.01. The van der Waals surface area contributed by atoms with Gasteiger partial charge in [-0.15, -0.1) is 0 Å². The van der Waals surface area contributed by atoms with Crippen molar-refractivity contribution in [2.24, 2.45) is 5.92 Å². The maximum atomic E-state index is 11.7. The maximum Gasteiger partial charge on any atom is 0.411 e. The van der Waals surface area contributed by atoms with E-state index >= 15 is 0 Å². The van der Waals surface area contributed by atoms with E-state index in [2.05, 4.69) is 10.1 Å². The average molecular weight is 255 g/mol. The molecule has 0 aromatic carbocycles. The highest BCUT2D eigenvalue weighted by atomic mass is 19.4. The Morgan fingerprint density at radius 2 is 1.82 bits per heavy atom. The van der Waals surface area contributed by atoms with Gasteiger partial charge < -0.3 is 14.8 Å². The first kappa shape index (κ1) is 14.7. The number of hydrogen-bond donors (Lipinski definition) is 1. The standard InChI is InChI=1S/C11H20F3NO2/c12-11(13,14)9-17-7-5-15-4-1-6-16-8-10-2-3-10/h10,15H,1-9H2. The minimum atomic E-state index is -4.23. The van der Waals surface area contributed by atoms with Crippen LogP contribution in [0.3, 0.4) is 0 Å². The number of halogens is 3. The summed E-state index contributed by atoms with van der Waals surface area (Å²) < 4.78 is 44.9. The normalized spacial score (nSPS) is 16.4. The Balaban J connectivity index is 1.69. The van der Waals surface area contributed by atoms with Gasteiger partial charge in [0, 0.05) is 19.8 Å². The van der Waals surface area contributed by atoms with Crippen molar-refractivity contribution in [3.8, 4) is 0 Å². The Labute approximate surface area is 99.7 Å². The molecule has 1 aliphatic carbocycles. The summed E-state index contributed by atoms with van der Waals surface area (Å²) in [7, 11) is 0. The van der Waals surface area contributed by atoms with Crippen molar-refractivity contribution in [3.63, 3.8) is 0 Å². The first-order chi connectivity index (χ1) is 8.08. The zero-order chi connectivity index (χ0) is 12.6. The summed E-state index contributed by atoms with van der Waals surface area (Å²) in [6.07, 6.45) is -0.772. The van der Waals surface area contributed by atoms with E-state index in [4.69, 9.17) is 4.74 Å². The summed E-state index contributed by atoms with van der Waals surface area (Å²) in [5.41, 5.74) is 0. The summed E-state index contributed by atoms with van der Waals surface area (Å²) in [4.78, 5) is 0. The van der Waals surface area contributed by atoms with Gasteiger partial charge in [-0.1, -0.05) is 0 Å². The molecular weight excluding hydrogens is 235 g/mol. The van der Waals surface area contributed by atoms with Gasteiger partial charge in [0.1, 0.15) is 6.61 Å². The molecule has 0 atom stereocenters. The second-order valence-electron chi connectivity index (χ2n) is 4.29. The molecule has 0 aromatic rings. The summed E-state index contributed by atoms with van der Waals surface area (Å²) in [5, 5.41) is 3.00. The van der Waals surface area contributed by atoms with Gasteiger partial charge in [0.15, 0.2) is 0 Å². The molecule has 0 bridgehead atoms. The quantitative estimate of drug-likeness (QED) is 0.605. The van der Waals surface area contributed by atoms with E-state index in [9.17, 15) is 13.2 Å². The molecule has 1 rings (SSSR count). The van der Waals surface area contributed by atoms with Crippen molar-refractivity contribution in [2.75, 3.05) is 39.5 Å². The van der Waals surface area contributed by atoms with E-state index < -0.39 is 12.8 Å². The summed E-state index contributed by atoms with van der Waals surface area (Å²) in [5.74, 6) is 0.777. The fourth-order valence-corrected chi connectivity index (χ4v) is 1.29. The Kier molecular flexibility index (Phi) is 6.84. The first-order valence-electron chi connectivity index (χ1n) is 6.01. The molecule has 0 amide bonds. The number of rotatable bonds is 10. The van der Waals surface area contributed by atoms with Crippen molar-refractivity contribution in [1.82, 2.24) is 5.32 Å². The molecule has 0 saturated heterocycles. The molecule has 0 aliphatic heterocycles. The van der Waals surface area contributed by atoms with Gasteiger partial charge in [0.05, 0.1) is 6.61 Å². The highest BCUT2D eigenvalue weighted by molar-refractivity contribution is 4.71. The molecule has 17 heavy (non-hydrogen) atoms. The van der Waals surface area contributed by atoms with Crippen LogP contribution in [0.5, 0.6) is 0 Å². The van der Waals surface area contributed by atoms with Gasteiger partial charge in [0.2, 0.25) is 0 Å². The SMILES string of the molecule is FC(F)(F)COCCNCCCOCC1CC1. The van der Waals surface area contributed by atoms with Crippen LogP contribution < -0.4 is 5.32 Å². The van der Waals surface area contributed by atoms with E-state index in [1.54, 1.807) is 0 Å². The summed E-state index contributed by atoms with van der Waals surface area (Å²) in [6.45, 7) is 1.68. The Bertz CT molecular complexity index is 196. The molecule has 0 spiro atoms. The predicted octanol–water partition coefficient (Wildman–Crippen LogP) is 1.97. The van der Waals surface area contributed by atoms with Crippen LogP contribution >= 0.6 is 0 Å². The average Bonchev–Trinajstić information content (AvgIpc) is 3.03. The third kappa shape index (κ3) is 10.5. The maximum absolute atomic E-state index is 11.7. The molecule has 102 valence electrons. The number of alkyl halides is 3. The fourth-order valence-electron chi connectivity index (χ4n) is 1.29. The smallest absolute Gasteiger partial charge is 0.381 e. The lowest BCUT2D eigenvalue weighted by molar-refractivity contribution is -0.173. The van der Waals surface area contributed by atoms with Crippen LogP contribution in [0.4, 0.5) is 13.2 Å². The number of hydrogen-bond acceptors (Lipinski definition) is 3. The molecule has 1 fully saturated rings. The second-order valence-corrected chi connectivity index (χ2v) is 4.29. The minimum Gasteiger partial charge on any atom is -0.381 e. The number of ether oxygens (including phenoxy) is 2. The minimum absolute atomic E-state index is 0.0858. The molecule has 1 saturated carbocycles. The third-order valence-corrected chi connectivity index (χ3v) is 2.38. The largest absolute Gasteiger partial charge is 0.411 e. The zero-order valence-corrected chi connectivity index (χ0v) is 9.89. The molecule has 3 nitrogen and oxygen atoms in total. The lowest BCUT2D eigenvalue weighted by atomic mass is 10.4. The van der Waals surface area contributed by atoms with Crippen LogP contribution in [0.1, 0.15) is 19.3 Å². The molecule has 1 aliphatic rings. The van der Waals surface area contributed by atoms with Gasteiger partial charge in [-0.2, -0.15) is 13.2 Å². The molecular formula is C11H20F3NO2. The van der Waals surface area contributed by atoms with Gasteiger partial charge in [0.25, 0.3) is 0 Å². The van der Waals surface area contributed by atoms with E-state index in [-0.39, 0.29) is 6.61 Å². The molecule has 6 heteroatoms. The molecule has 0 radical (unpaired) electrons. The zero-order valence-electron chi connectivity index (χ0n) is 9.89. The highest BCUT2D eigenvalue weighted by Gasteiger charge is 2.27. The lowest BCUT2D eigenvalue weighted by Crippen LogP contribution is -2.25. The van der Waals surface area contributed by atoms with Gasteiger partial charge in [-0.3, -0.25) is 0 Å². The Morgan fingerprint density at radius 3 is 2.47 bits per heavy atom. The topological polar surface area (TPSA) is 30.5 Å². The molecule has 0 aromatic heterocycles. The van der Waals surface area contributed by atoms with Gasteiger partial charge >= 0.3 is 6.18 Å². The number of nitrogens with one attached hydrogen (secondary N) is 1. The Hall–Kier alpha value is -0.330. The van der Waals surface area contributed by atoms with Crippen LogP contribution in [0.25, 0.3) is 0 Å². The van der Waals surface area contributed by atoms with E-state index in [0.717, 1.165) is 25.5 Å². The van der Waals surface area contributed by atoms with Crippen LogP contribution in [-0.2, 0) is 9.47 Å². The molecule has 0 heterocycles. The lowest BCUT2D eigenvalue weighted by Gasteiger charge is -2.08. The van der Waals surface area contributed by atoms with Gasteiger partial charge in [-0.25, -0.2) is 0 Å². The van der Waals surface area contributed by atoms with Crippen LogP contribution in [0, 0.1) is 5.92 Å². The fraction of sp³-hybridized carbons (Fsp3) is 1.00. The third-order valence-electron chi connectivity index (χ3n) is 2.38. The van der Waals surface area contributed by atoms with Crippen LogP contribution in [-0.4, -0.2) is 45.7 Å². The summed E-state index contributed by atoms with van der Waals surface area (Å²) in [6, 6.07) is 0. The van der Waals surface area contributed by atoms with Gasteiger partial charge in [-0.05, 0) is 31.7 Å². The van der Waals surface area contributed by atoms with Crippen molar-refractivity contribution in [2.45, 2.75) is 25.4 Å². The van der Waals surface area contributed by atoms with Crippen LogP contribution in [0.2, 0.25) is 0 Å². The van der Waals surface area contributed by atoms with Crippen LogP contribution in [0.15, 0.2) is 0 Å². The van der Waals surface area contributed by atoms with Crippen molar-refractivity contribution >= 4 is 0 Å². The van der Waals surface area contributed by atoms with E-state index in [1.165, 1.54) is 12.8 Å². The Morgan fingerprint density at radius 1 is 1.06 bits per heavy atom. The highest BCUT2D eigenvalue weighted by Crippen LogP contribution is 2.28. The van der Waals surface area contributed by atoms with Crippen molar-refractivity contribution in [3.05, 3.63) is 0 Å². The monoisotopic (exact) mass is 255 g/mol. The van der Waals surface area contributed by atoms with Crippen molar-refractivity contribution < 1.29 is 22.6 Å².